The van der Waals surface area contributed by atoms with E-state index in [9.17, 15) is 9.59 Å². The molecular weight excluding hydrogens is 381 g/mol. The molecule has 27 heavy (non-hydrogen) atoms. The largest absolute Gasteiger partial charge is 0.322 e. The van der Waals surface area contributed by atoms with E-state index in [1.807, 2.05) is 18.2 Å². The van der Waals surface area contributed by atoms with Gasteiger partial charge in [-0.05, 0) is 35.9 Å². The van der Waals surface area contributed by atoms with Gasteiger partial charge >= 0.3 is 0 Å². The van der Waals surface area contributed by atoms with Crippen LogP contribution in [0, 0.1) is 0 Å². The number of carbonyl (C=O) groups is 2. The lowest BCUT2D eigenvalue weighted by molar-refractivity contribution is -0.111. The second kappa shape index (κ2) is 8.67. The number of rotatable bonds is 5. The predicted octanol–water partition coefficient (Wildman–Crippen LogP) is 5.88. The van der Waals surface area contributed by atoms with Crippen LogP contribution in [0.2, 0.25) is 10.0 Å². The van der Waals surface area contributed by atoms with Gasteiger partial charge in [0.25, 0.3) is 0 Å². The molecule has 0 fully saturated rings. The van der Waals surface area contributed by atoms with Gasteiger partial charge in [-0.1, -0.05) is 71.7 Å². The summed E-state index contributed by atoms with van der Waals surface area (Å²) in [6.45, 7) is 0. The predicted molar refractivity (Wildman–Crippen MR) is 110 cm³/mol. The Kier molecular flexibility index (Phi) is 6.07. The van der Waals surface area contributed by atoms with E-state index in [-0.39, 0.29) is 11.7 Å². The van der Waals surface area contributed by atoms with Gasteiger partial charge in [0.2, 0.25) is 5.91 Å². The number of amides is 1. The van der Waals surface area contributed by atoms with Crippen molar-refractivity contribution in [1.29, 1.82) is 0 Å². The lowest BCUT2D eigenvalue weighted by atomic mass is 10.0. The molecule has 0 atom stereocenters. The van der Waals surface area contributed by atoms with Gasteiger partial charge in [-0.3, -0.25) is 9.59 Å². The van der Waals surface area contributed by atoms with E-state index in [1.165, 1.54) is 6.08 Å². The standard InChI is InChI=1S/C22H15Cl2NO2/c23-17-11-12-20(18(14-17)22(27)16-7-2-1-3-8-16)25-21(26)13-10-15-6-4-5-9-19(15)24/h1-14H,(H,25,26). The van der Waals surface area contributed by atoms with Crippen LogP contribution in [0.15, 0.2) is 78.9 Å². The maximum atomic E-state index is 12.8. The van der Waals surface area contributed by atoms with Crippen molar-refractivity contribution in [3.63, 3.8) is 0 Å². The van der Waals surface area contributed by atoms with Crippen molar-refractivity contribution in [2.45, 2.75) is 0 Å². The molecule has 0 bridgehead atoms. The fraction of sp³-hybridized carbons (Fsp3) is 0. The SMILES string of the molecule is O=C(C=Cc1ccccc1Cl)Nc1ccc(Cl)cc1C(=O)c1ccccc1. The van der Waals surface area contributed by atoms with Crippen molar-refractivity contribution in [1.82, 2.24) is 0 Å². The molecule has 3 nitrogen and oxygen atoms in total. The van der Waals surface area contributed by atoms with Crippen LogP contribution in [0.3, 0.4) is 0 Å². The van der Waals surface area contributed by atoms with Crippen molar-refractivity contribution in [2.24, 2.45) is 0 Å². The number of benzene rings is 3. The molecule has 0 radical (unpaired) electrons. The van der Waals surface area contributed by atoms with E-state index in [4.69, 9.17) is 23.2 Å². The lowest BCUT2D eigenvalue weighted by Gasteiger charge is -2.10. The molecule has 0 aliphatic carbocycles. The number of nitrogens with one attached hydrogen (secondary N) is 1. The first-order valence-electron chi connectivity index (χ1n) is 8.17. The average Bonchev–Trinajstić information content (AvgIpc) is 2.69. The first kappa shape index (κ1) is 18.9. The summed E-state index contributed by atoms with van der Waals surface area (Å²) >= 11 is 12.1. The topological polar surface area (TPSA) is 46.2 Å². The summed E-state index contributed by atoms with van der Waals surface area (Å²) in [6.07, 6.45) is 2.98. The zero-order valence-corrected chi connectivity index (χ0v) is 15.7. The minimum Gasteiger partial charge on any atom is -0.322 e. The van der Waals surface area contributed by atoms with Crippen LogP contribution in [0.5, 0.6) is 0 Å². The number of ketones is 1. The first-order chi connectivity index (χ1) is 13.0. The van der Waals surface area contributed by atoms with E-state index < -0.39 is 0 Å². The number of hydrogen-bond donors (Lipinski definition) is 1. The van der Waals surface area contributed by atoms with E-state index in [1.54, 1.807) is 60.7 Å². The third-order valence-corrected chi connectivity index (χ3v) is 4.42. The van der Waals surface area contributed by atoms with Gasteiger partial charge in [0.15, 0.2) is 5.78 Å². The summed E-state index contributed by atoms with van der Waals surface area (Å²) in [5, 5.41) is 3.69. The van der Waals surface area contributed by atoms with Crippen LogP contribution >= 0.6 is 23.2 Å². The van der Waals surface area contributed by atoms with Gasteiger partial charge < -0.3 is 5.32 Å². The van der Waals surface area contributed by atoms with Crippen LogP contribution in [-0.4, -0.2) is 11.7 Å². The highest BCUT2D eigenvalue weighted by Gasteiger charge is 2.15. The number of hydrogen-bond acceptors (Lipinski definition) is 2. The van der Waals surface area contributed by atoms with Crippen molar-refractivity contribution >= 4 is 46.7 Å². The highest BCUT2D eigenvalue weighted by molar-refractivity contribution is 6.32. The van der Waals surface area contributed by atoms with Crippen LogP contribution in [-0.2, 0) is 4.79 Å². The average molecular weight is 396 g/mol. The maximum absolute atomic E-state index is 12.8. The monoisotopic (exact) mass is 395 g/mol. The molecule has 0 spiro atoms. The Morgan fingerprint density at radius 2 is 1.56 bits per heavy atom. The molecule has 3 aromatic carbocycles. The number of carbonyl (C=O) groups excluding carboxylic acids is 2. The zero-order valence-electron chi connectivity index (χ0n) is 14.2. The van der Waals surface area contributed by atoms with Gasteiger partial charge in [-0.25, -0.2) is 0 Å². The van der Waals surface area contributed by atoms with Crippen LogP contribution in [0.1, 0.15) is 21.5 Å². The molecular formula is C22H15Cl2NO2. The molecule has 134 valence electrons. The normalized spacial score (nSPS) is 10.7. The number of halogens is 2. The fourth-order valence-corrected chi connectivity index (χ4v) is 2.88. The maximum Gasteiger partial charge on any atom is 0.248 e. The Balaban J connectivity index is 1.84. The molecule has 3 aromatic rings. The highest BCUT2D eigenvalue weighted by atomic mass is 35.5. The van der Waals surface area contributed by atoms with Crippen LogP contribution in [0.4, 0.5) is 5.69 Å². The molecule has 0 unspecified atom stereocenters. The van der Waals surface area contributed by atoms with Gasteiger partial charge in [0, 0.05) is 27.2 Å². The molecule has 0 saturated carbocycles. The minimum atomic E-state index is -0.376. The fourth-order valence-electron chi connectivity index (χ4n) is 2.51. The van der Waals surface area contributed by atoms with Crippen molar-refractivity contribution in [3.8, 4) is 0 Å². The summed E-state index contributed by atoms with van der Waals surface area (Å²) < 4.78 is 0. The molecule has 1 N–H and O–H groups in total. The van der Waals surface area contributed by atoms with E-state index in [2.05, 4.69) is 5.32 Å². The van der Waals surface area contributed by atoms with E-state index in [0.717, 1.165) is 5.56 Å². The van der Waals surface area contributed by atoms with Gasteiger partial charge in [0.05, 0.1) is 5.69 Å². The summed E-state index contributed by atoms with van der Waals surface area (Å²) in [7, 11) is 0. The van der Waals surface area contributed by atoms with Crippen LogP contribution < -0.4 is 5.32 Å². The highest BCUT2D eigenvalue weighted by Crippen LogP contribution is 2.24. The Morgan fingerprint density at radius 1 is 0.852 bits per heavy atom. The molecule has 0 aliphatic rings. The van der Waals surface area contributed by atoms with E-state index >= 15 is 0 Å². The lowest BCUT2D eigenvalue weighted by Crippen LogP contribution is -2.12. The number of anilines is 1. The molecule has 1 amide bonds. The summed E-state index contributed by atoms with van der Waals surface area (Å²) in [5.74, 6) is -0.595. The molecule has 0 aromatic heterocycles. The summed E-state index contributed by atoms with van der Waals surface area (Å²) in [6, 6.07) is 20.8. The zero-order chi connectivity index (χ0) is 19.2. The van der Waals surface area contributed by atoms with Crippen molar-refractivity contribution in [3.05, 3.63) is 106 Å². The minimum absolute atomic E-state index is 0.219. The molecule has 0 heterocycles. The first-order valence-corrected chi connectivity index (χ1v) is 8.93. The molecule has 0 aliphatic heterocycles. The Hall–Kier alpha value is -2.88. The Morgan fingerprint density at radius 3 is 2.30 bits per heavy atom. The second-order valence-electron chi connectivity index (χ2n) is 5.73. The summed E-state index contributed by atoms with van der Waals surface area (Å²) in [5.41, 5.74) is 1.96. The smallest absolute Gasteiger partial charge is 0.248 e. The van der Waals surface area contributed by atoms with Gasteiger partial charge in [-0.15, -0.1) is 0 Å². The quantitative estimate of drug-likeness (QED) is 0.433. The third-order valence-electron chi connectivity index (χ3n) is 3.84. The molecule has 0 saturated heterocycles. The molecule has 3 rings (SSSR count). The van der Waals surface area contributed by atoms with Crippen molar-refractivity contribution < 1.29 is 9.59 Å². The van der Waals surface area contributed by atoms with Gasteiger partial charge in [-0.2, -0.15) is 0 Å². The van der Waals surface area contributed by atoms with Crippen molar-refractivity contribution in [2.75, 3.05) is 5.32 Å². The second-order valence-corrected chi connectivity index (χ2v) is 6.57. The van der Waals surface area contributed by atoms with Crippen LogP contribution in [0.25, 0.3) is 6.08 Å². The molecule has 5 heteroatoms. The van der Waals surface area contributed by atoms with Gasteiger partial charge in [0.1, 0.15) is 0 Å². The Bertz CT molecular complexity index is 1010. The third kappa shape index (κ3) is 4.85. The van der Waals surface area contributed by atoms with E-state index in [0.29, 0.717) is 26.9 Å². The Labute approximate surface area is 167 Å². The summed E-state index contributed by atoms with van der Waals surface area (Å²) in [4.78, 5) is 25.1.